The first-order chi connectivity index (χ1) is 15.4. The van der Waals surface area contributed by atoms with E-state index in [1.54, 1.807) is 30.6 Å². The molecule has 0 spiro atoms. The number of allylic oxidation sites excluding steroid dienone is 1. The summed E-state index contributed by atoms with van der Waals surface area (Å²) in [5.74, 6) is 0.679. The molecule has 166 valence electrons. The minimum atomic E-state index is -0.716. The number of hydrogen-bond acceptors (Lipinski definition) is 7. The summed E-state index contributed by atoms with van der Waals surface area (Å²) in [5.41, 5.74) is 1.28. The predicted molar refractivity (Wildman–Crippen MR) is 129 cm³/mol. The van der Waals surface area contributed by atoms with E-state index in [4.69, 9.17) is 13.9 Å². The number of fused-ring (bicyclic) bond motifs is 1. The minimum Gasteiger partial charge on any atom is -0.494 e. The first-order valence-electron chi connectivity index (χ1n) is 10.1. The van der Waals surface area contributed by atoms with Gasteiger partial charge in [0.25, 0.3) is 5.56 Å². The minimum absolute atomic E-state index is 0.219. The van der Waals surface area contributed by atoms with Gasteiger partial charge in [-0.05, 0) is 61.6 Å². The van der Waals surface area contributed by atoms with Gasteiger partial charge in [0.2, 0.25) is 0 Å². The molecule has 0 aliphatic carbocycles. The number of nitrogens with zero attached hydrogens (tertiary/aromatic N) is 2. The number of carbonyl (C=O) groups is 1. The van der Waals surface area contributed by atoms with Crippen molar-refractivity contribution in [3.05, 3.63) is 82.4 Å². The van der Waals surface area contributed by atoms with Gasteiger partial charge in [-0.15, -0.1) is 0 Å². The molecule has 1 aliphatic rings. The molecule has 0 bridgehead atoms. The molecule has 0 saturated heterocycles. The molecule has 2 aromatic heterocycles. The number of thiazole rings is 1. The molecule has 3 heterocycles. The van der Waals surface area contributed by atoms with Gasteiger partial charge in [-0.2, -0.15) is 0 Å². The SMILES string of the molecule is CCOC(=O)C1=C(C)N=c2s/c(=C\c3ccc(I)o3)c(=O)n2[C@@H]1c1ccccc1OCC. The van der Waals surface area contributed by atoms with Crippen molar-refractivity contribution in [3.63, 3.8) is 0 Å². The Morgan fingerprint density at radius 2 is 2.03 bits per heavy atom. The van der Waals surface area contributed by atoms with Crippen molar-refractivity contribution in [2.75, 3.05) is 13.2 Å². The molecule has 0 radical (unpaired) electrons. The lowest BCUT2D eigenvalue weighted by molar-refractivity contribution is -0.139. The molecule has 3 aromatic rings. The van der Waals surface area contributed by atoms with Crippen LogP contribution in [0.5, 0.6) is 5.75 Å². The van der Waals surface area contributed by atoms with Gasteiger partial charge in [0, 0.05) is 11.6 Å². The molecule has 7 nitrogen and oxygen atoms in total. The van der Waals surface area contributed by atoms with Crippen molar-refractivity contribution < 1.29 is 18.7 Å². The number of hydrogen-bond donors (Lipinski definition) is 0. The Morgan fingerprint density at radius 3 is 2.72 bits per heavy atom. The molecule has 0 amide bonds. The fourth-order valence-corrected chi connectivity index (χ4v) is 5.07. The molecule has 0 saturated carbocycles. The number of benzene rings is 1. The lowest BCUT2D eigenvalue weighted by Crippen LogP contribution is -2.40. The van der Waals surface area contributed by atoms with Gasteiger partial charge in [-0.1, -0.05) is 29.5 Å². The second-order valence-corrected chi connectivity index (χ2v) is 8.99. The third-order valence-corrected chi connectivity index (χ3v) is 6.46. The normalized spacial score (nSPS) is 16.0. The number of furan rings is 1. The van der Waals surface area contributed by atoms with E-state index in [1.807, 2.05) is 37.3 Å². The molecule has 9 heteroatoms. The Hall–Kier alpha value is -2.66. The quantitative estimate of drug-likeness (QED) is 0.339. The van der Waals surface area contributed by atoms with Crippen LogP contribution in [-0.4, -0.2) is 23.8 Å². The van der Waals surface area contributed by atoms with Crippen molar-refractivity contribution in [1.29, 1.82) is 0 Å². The zero-order valence-electron chi connectivity index (χ0n) is 17.8. The van der Waals surface area contributed by atoms with Gasteiger partial charge in [0.15, 0.2) is 8.57 Å². The van der Waals surface area contributed by atoms with Gasteiger partial charge >= 0.3 is 5.97 Å². The molecule has 1 atom stereocenters. The molecule has 32 heavy (non-hydrogen) atoms. The highest BCUT2D eigenvalue weighted by molar-refractivity contribution is 14.1. The average molecular weight is 564 g/mol. The van der Waals surface area contributed by atoms with Gasteiger partial charge in [0.1, 0.15) is 17.6 Å². The Labute approximate surface area is 201 Å². The van der Waals surface area contributed by atoms with E-state index in [0.29, 0.717) is 44.3 Å². The highest BCUT2D eigenvalue weighted by atomic mass is 127. The van der Waals surface area contributed by atoms with Gasteiger partial charge in [-0.3, -0.25) is 9.36 Å². The summed E-state index contributed by atoms with van der Waals surface area (Å²) in [6, 6.07) is 10.3. The van der Waals surface area contributed by atoms with E-state index in [0.717, 1.165) is 3.77 Å². The number of ether oxygens (including phenoxy) is 2. The number of halogens is 1. The zero-order chi connectivity index (χ0) is 22.8. The van der Waals surface area contributed by atoms with Crippen LogP contribution in [0.3, 0.4) is 0 Å². The fraction of sp³-hybridized carbons (Fsp3) is 0.261. The van der Waals surface area contributed by atoms with E-state index >= 15 is 0 Å². The number of carbonyl (C=O) groups excluding carboxylic acids is 1. The maximum atomic E-state index is 13.5. The first-order valence-corrected chi connectivity index (χ1v) is 12.0. The summed E-state index contributed by atoms with van der Waals surface area (Å²) < 4.78 is 19.5. The van der Waals surface area contributed by atoms with Crippen molar-refractivity contribution in [2.24, 2.45) is 4.99 Å². The second kappa shape index (κ2) is 9.45. The maximum Gasteiger partial charge on any atom is 0.338 e. The number of rotatable bonds is 6. The Kier molecular flexibility index (Phi) is 6.66. The van der Waals surface area contributed by atoms with Crippen LogP contribution in [0.25, 0.3) is 6.08 Å². The van der Waals surface area contributed by atoms with Crippen molar-refractivity contribution >= 4 is 46.0 Å². The highest BCUT2D eigenvalue weighted by Crippen LogP contribution is 2.35. The third-order valence-electron chi connectivity index (χ3n) is 4.90. The van der Waals surface area contributed by atoms with E-state index in [9.17, 15) is 9.59 Å². The molecular formula is C23H21IN2O5S. The molecule has 1 aromatic carbocycles. The van der Waals surface area contributed by atoms with Crippen LogP contribution in [-0.2, 0) is 9.53 Å². The fourth-order valence-electron chi connectivity index (χ4n) is 3.61. The number of para-hydroxylation sites is 1. The lowest BCUT2D eigenvalue weighted by atomic mass is 9.95. The molecule has 0 fully saturated rings. The molecule has 4 rings (SSSR count). The van der Waals surface area contributed by atoms with Crippen LogP contribution in [0, 0.1) is 3.77 Å². The van der Waals surface area contributed by atoms with Gasteiger partial charge in [-0.25, -0.2) is 9.79 Å². The highest BCUT2D eigenvalue weighted by Gasteiger charge is 2.35. The smallest absolute Gasteiger partial charge is 0.338 e. The van der Waals surface area contributed by atoms with Crippen LogP contribution in [0.15, 0.2) is 61.9 Å². The third kappa shape index (κ3) is 4.18. The van der Waals surface area contributed by atoms with Crippen LogP contribution >= 0.6 is 33.9 Å². The summed E-state index contributed by atoms with van der Waals surface area (Å²) in [7, 11) is 0. The summed E-state index contributed by atoms with van der Waals surface area (Å²) in [6.45, 7) is 6.07. The lowest BCUT2D eigenvalue weighted by Gasteiger charge is -2.26. The van der Waals surface area contributed by atoms with E-state index in [-0.39, 0.29) is 12.2 Å². The van der Waals surface area contributed by atoms with E-state index in [1.165, 1.54) is 11.3 Å². The first kappa shape index (κ1) is 22.5. The molecule has 0 unspecified atom stereocenters. The Bertz CT molecular complexity index is 1380. The Morgan fingerprint density at radius 1 is 1.25 bits per heavy atom. The largest absolute Gasteiger partial charge is 0.494 e. The molecule has 1 aliphatic heterocycles. The summed E-state index contributed by atoms with van der Waals surface area (Å²) >= 11 is 3.33. The van der Waals surface area contributed by atoms with Gasteiger partial charge in [0.05, 0.1) is 29.0 Å². The number of esters is 1. The van der Waals surface area contributed by atoms with Crippen molar-refractivity contribution in [3.8, 4) is 5.75 Å². The average Bonchev–Trinajstić information content (AvgIpc) is 3.30. The van der Waals surface area contributed by atoms with Crippen LogP contribution in [0.1, 0.15) is 38.1 Å². The van der Waals surface area contributed by atoms with Crippen LogP contribution in [0.4, 0.5) is 0 Å². The molecular weight excluding hydrogens is 543 g/mol. The van der Waals surface area contributed by atoms with Gasteiger partial charge < -0.3 is 13.9 Å². The predicted octanol–water partition coefficient (Wildman–Crippen LogP) is 3.39. The number of aromatic nitrogens is 1. The summed E-state index contributed by atoms with van der Waals surface area (Å²) in [5, 5.41) is 0. The van der Waals surface area contributed by atoms with Crippen LogP contribution in [0.2, 0.25) is 0 Å². The van der Waals surface area contributed by atoms with E-state index in [2.05, 4.69) is 27.6 Å². The topological polar surface area (TPSA) is 83.0 Å². The standard InChI is InChI=1S/C23H21IN2O5S/c1-4-29-16-9-7-6-8-15(16)20-19(22(28)30-5-2)13(3)25-23-26(20)21(27)17(32-23)12-14-10-11-18(24)31-14/h6-12,20H,4-5H2,1-3H3/b17-12-/t20-/m1/s1. The Balaban J connectivity index is 1.99. The van der Waals surface area contributed by atoms with Crippen molar-refractivity contribution in [1.82, 2.24) is 4.57 Å². The van der Waals surface area contributed by atoms with E-state index < -0.39 is 12.0 Å². The molecule has 0 N–H and O–H groups in total. The van der Waals surface area contributed by atoms with Crippen LogP contribution < -0.4 is 19.6 Å². The zero-order valence-corrected chi connectivity index (χ0v) is 20.7. The van der Waals surface area contributed by atoms with Crippen molar-refractivity contribution in [2.45, 2.75) is 26.8 Å². The monoisotopic (exact) mass is 564 g/mol. The summed E-state index contributed by atoms with van der Waals surface area (Å²) in [6.07, 6.45) is 1.70. The summed E-state index contributed by atoms with van der Waals surface area (Å²) in [4.78, 5) is 31.6. The maximum absolute atomic E-state index is 13.5. The second-order valence-electron chi connectivity index (χ2n) is 6.91.